The highest BCUT2D eigenvalue weighted by Crippen LogP contribution is 1.81. The van der Waals surface area contributed by atoms with Crippen LogP contribution >= 0.6 is 0 Å². The molecule has 0 saturated heterocycles. The van der Waals surface area contributed by atoms with E-state index in [-0.39, 0.29) is 6.54 Å². The maximum Gasteiger partial charge on any atom is 0.322 e. The molecule has 0 bridgehead atoms. The van der Waals surface area contributed by atoms with Gasteiger partial charge in [0.15, 0.2) is 0 Å². The van der Waals surface area contributed by atoms with E-state index in [4.69, 9.17) is 16.6 Å². The van der Waals surface area contributed by atoms with Gasteiger partial charge in [0.25, 0.3) is 0 Å². The van der Waals surface area contributed by atoms with Crippen LogP contribution in [0.15, 0.2) is 0 Å². The number of hydrogen-bond donors (Lipinski definition) is 4. The van der Waals surface area contributed by atoms with Crippen molar-refractivity contribution in [2.75, 3.05) is 13.1 Å². The normalized spacial score (nSPS) is 11.3. The highest BCUT2D eigenvalue weighted by molar-refractivity contribution is 5.85. The van der Waals surface area contributed by atoms with Gasteiger partial charge >= 0.3 is 5.97 Å². The van der Waals surface area contributed by atoms with Gasteiger partial charge in [0.2, 0.25) is 5.91 Å². The quantitative estimate of drug-likeness (QED) is 0.490. The molecule has 0 aromatic heterocycles. The lowest BCUT2D eigenvalue weighted by Gasteiger charge is -2.06. The summed E-state index contributed by atoms with van der Waals surface area (Å²) in [6.07, 6.45) is 0. The Morgan fingerprint density at radius 3 is 2.00 bits per heavy atom. The van der Waals surface area contributed by atoms with E-state index in [9.17, 15) is 9.59 Å². The van der Waals surface area contributed by atoms with Crippen molar-refractivity contribution < 1.29 is 14.7 Å². The molecule has 0 aliphatic heterocycles. The van der Waals surface area contributed by atoms with Crippen LogP contribution in [0.5, 0.6) is 0 Å². The number of hydrogen-bond acceptors (Lipinski definition) is 4. The number of aliphatic carboxylic acids is 1. The summed E-state index contributed by atoms with van der Waals surface area (Å²) in [7, 11) is 0. The molecule has 0 spiro atoms. The van der Waals surface area contributed by atoms with Crippen LogP contribution in [0, 0.1) is 5.92 Å². The molecule has 1 unspecified atom stereocenters. The van der Waals surface area contributed by atoms with Gasteiger partial charge in [-0.1, -0.05) is 20.8 Å². The van der Waals surface area contributed by atoms with Gasteiger partial charge in [-0.15, -0.1) is 0 Å². The number of nitrogens with two attached hydrogens (primary N) is 2. The molecule has 1 amide bonds. The minimum absolute atomic E-state index is 0.00541. The van der Waals surface area contributed by atoms with E-state index in [0.717, 1.165) is 5.92 Å². The second-order valence-corrected chi connectivity index (χ2v) is 3.69. The van der Waals surface area contributed by atoms with E-state index in [1.54, 1.807) is 0 Å². The molecule has 0 fully saturated rings. The standard InChI is InChI=1S/C5H11N3O3.C4H10/c6-1-3(7)5(11)8-2-4(9)10;1-4(2)3/h3H,1-2,6-7H2,(H,8,11)(H,9,10);4H,1-3H3. The molecule has 0 aliphatic carbocycles. The first-order chi connectivity index (χ1) is 6.81. The molecule has 0 aromatic rings. The molecule has 0 saturated carbocycles. The van der Waals surface area contributed by atoms with Gasteiger partial charge in [0.05, 0.1) is 6.04 Å². The van der Waals surface area contributed by atoms with Crippen molar-refractivity contribution in [2.45, 2.75) is 26.8 Å². The molecule has 0 radical (unpaired) electrons. The third-order valence-electron chi connectivity index (χ3n) is 1.00. The summed E-state index contributed by atoms with van der Waals surface area (Å²) in [5.41, 5.74) is 10.2. The lowest BCUT2D eigenvalue weighted by molar-refractivity contribution is -0.138. The Morgan fingerprint density at radius 1 is 1.33 bits per heavy atom. The predicted octanol–water partition coefficient (Wildman–Crippen LogP) is -0.864. The Labute approximate surface area is 90.0 Å². The molecule has 6 N–H and O–H groups in total. The molecule has 0 heterocycles. The molecule has 0 aliphatic rings. The SMILES string of the molecule is CC(C)C.NCC(N)C(=O)NCC(=O)O. The van der Waals surface area contributed by atoms with Gasteiger partial charge in [-0.25, -0.2) is 0 Å². The third-order valence-corrected chi connectivity index (χ3v) is 1.00. The molecule has 0 rings (SSSR count). The van der Waals surface area contributed by atoms with Crippen LogP contribution in [0.4, 0.5) is 0 Å². The van der Waals surface area contributed by atoms with Crippen LogP contribution in [0.1, 0.15) is 20.8 Å². The summed E-state index contributed by atoms with van der Waals surface area (Å²) in [5.74, 6) is -0.822. The fourth-order valence-corrected chi connectivity index (χ4v) is 0.401. The van der Waals surface area contributed by atoms with Crippen LogP contribution in [0.2, 0.25) is 0 Å². The van der Waals surface area contributed by atoms with Crippen molar-refractivity contribution in [1.29, 1.82) is 0 Å². The van der Waals surface area contributed by atoms with E-state index in [0.29, 0.717) is 0 Å². The van der Waals surface area contributed by atoms with E-state index in [1.165, 1.54) is 0 Å². The number of rotatable bonds is 4. The lowest BCUT2D eigenvalue weighted by Crippen LogP contribution is -2.46. The van der Waals surface area contributed by atoms with Crippen LogP contribution < -0.4 is 16.8 Å². The summed E-state index contributed by atoms with van der Waals surface area (Å²) >= 11 is 0. The number of carboxylic acid groups (broad SMARTS) is 1. The average Bonchev–Trinajstić information content (AvgIpc) is 2.11. The first-order valence-corrected chi connectivity index (χ1v) is 4.76. The zero-order chi connectivity index (χ0) is 12.4. The Morgan fingerprint density at radius 2 is 1.73 bits per heavy atom. The van der Waals surface area contributed by atoms with Gasteiger partial charge in [-0.3, -0.25) is 9.59 Å². The fraction of sp³-hybridized carbons (Fsp3) is 0.778. The van der Waals surface area contributed by atoms with Crippen molar-refractivity contribution in [3.63, 3.8) is 0 Å². The molecule has 6 heteroatoms. The lowest BCUT2D eigenvalue weighted by atomic mass is 10.3. The number of nitrogens with one attached hydrogen (secondary N) is 1. The van der Waals surface area contributed by atoms with Gasteiger partial charge < -0.3 is 21.9 Å². The van der Waals surface area contributed by atoms with Crippen molar-refractivity contribution in [2.24, 2.45) is 17.4 Å². The largest absolute Gasteiger partial charge is 0.480 e. The molecule has 15 heavy (non-hydrogen) atoms. The Bertz CT molecular complexity index is 192. The second-order valence-electron chi connectivity index (χ2n) is 3.69. The fourth-order valence-electron chi connectivity index (χ4n) is 0.401. The summed E-state index contributed by atoms with van der Waals surface area (Å²) in [6, 6.07) is -0.825. The van der Waals surface area contributed by atoms with Crippen LogP contribution in [-0.2, 0) is 9.59 Å². The van der Waals surface area contributed by atoms with Gasteiger partial charge in [0, 0.05) is 6.54 Å². The monoisotopic (exact) mass is 219 g/mol. The first-order valence-electron chi connectivity index (χ1n) is 4.76. The van der Waals surface area contributed by atoms with E-state index in [2.05, 4.69) is 26.1 Å². The number of carbonyl (C=O) groups is 2. The van der Waals surface area contributed by atoms with Crippen molar-refractivity contribution >= 4 is 11.9 Å². The van der Waals surface area contributed by atoms with E-state index >= 15 is 0 Å². The summed E-state index contributed by atoms with van der Waals surface area (Å²) < 4.78 is 0. The summed E-state index contributed by atoms with van der Waals surface area (Å²) in [6.45, 7) is 6.08. The molecule has 6 nitrogen and oxygen atoms in total. The third kappa shape index (κ3) is 15.6. The molecule has 90 valence electrons. The van der Waals surface area contributed by atoms with E-state index < -0.39 is 24.5 Å². The second kappa shape index (κ2) is 9.42. The van der Waals surface area contributed by atoms with Crippen molar-refractivity contribution in [3.8, 4) is 0 Å². The molecule has 1 atom stereocenters. The van der Waals surface area contributed by atoms with Crippen LogP contribution in [0.25, 0.3) is 0 Å². The maximum atomic E-state index is 10.7. The van der Waals surface area contributed by atoms with Crippen LogP contribution in [-0.4, -0.2) is 36.1 Å². The van der Waals surface area contributed by atoms with E-state index in [1.807, 2.05) is 0 Å². The minimum Gasteiger partial charge on any atom is -0.480 e. The van der Waals surface area contributed by atoms with Gasteiger partial charge in [-0.05, 0) is 5.92 Å². The zero-order valence-corrected chi connectivity index (χ0v) is 9.49. The molecular formula is C9H21N3O3. The summed E-state index contributed by atoms with van der Waals surface area (Å²) in [4.78, 5) is 20.6. The van der Waals surface area contributed by atoms with Gasteiger partial charge in [0.1, 0.15) is 6.54 Å². The average molecular weight is 219 g/mol. The highest BCUT2D eigenvalue weighted by Gasteiger charge is 2.10. The minimum atomic E-state index is -1.11. The Balaban J connectivity index is 0. The van der Waals surface area contributed by atoms with Gasteiger partial charge in [-0.2, -0.15) is 0 Å². The smallest absolute Gasteiger partial charge is 0.322 e. The number of amides is 1. The number of carboxylic acids is 1. The Kier molecular flexibility index (Phi) is 10.2. The Hall–Kier alpha value is -1.14. The predicted molar refractivity (Wildman–Crippen MR) is 58.2 cm³/mol. The topological polar surface area (TPSA) is 118 Å². The van der Waals surface area contributed by atoms with Crippen molar-refractivity contribution in [1.82, 2.24) is 5.32 Å². The highest BCUT2D eigenvalue weighted by atomic mass is 16.4. The molecule has 0 aromatic carbocycles. The van der Waals surface area contributed by atoms with Crippen molar-refractivity contribution in [3.05, 3.63) is 0 Å². The molecular weight excluding hydrogens is 198 g/mol. The zero-order valence-electron chi connectivity index (χ0n) is 9.49. The van der Waals surface area contributed by atoms with Crippen LogP contribution in [0.3, 0.4) is 0 Å². The maximum absolute atomic E-state index is 10.7. The number of carbonyl (C=O) groups excluding carboxylic acids is 1. The first kappa shape index (κ1) is 16.3. The summed E-state index contributed by atoms with van der Waals surface area (Å²) in [5, 5.41) is 10.2.